The molecule has 8 heteroatoms. The zero-order chi connectivity index (χ0) is 19.2. The van der Waals surface area contributed by atoms with Crippen molar-refractivity contribution in [2.24, 2.45) is 0 Å². The maximum Gasteiger partial charge on any atom is 0.251 e. The van der Waals surface area contributed by atoms with Gasteiger partial charge >= 0.3 is 0 Å². The number of nitrogens with zero attached hydrogens (tertiary/aromatic N) is 5. The van der Waals surface area contributed by atoms with E-state index >= 15 is 0 Å². The molecule has 0 saturated carbocycles. The topological polar surface area (TPSA) is 109 Å². The predicted octanol–water partition coefficient (Wildman–Crippen LogP) is 1.99. The average Bonchev–Trinajstić information content (AvgIpc) is 3.03. The number of anilines is 1. The van der Waals surface area contributed by atoms with Crippen molar-refractivity contribution in [1.82, 2.24) is 25.1 Å². The fourth-order valence-electron chi connectivity index (χ4n) is 2.62. The predicted molar refractivity (Wildman–Crippen MR) is 101 cm³/mol. The van der Waals surface area contributed by atoms with E-state index in [1.54, 1.807) is 35.0 Å². The van der Waals surface area contributed by atoms with E-state index in [4.69, 9.17) is 5.26 Å². The second-order valence-corrected chi connectivity index (χ2v) is 5.98. The summed E-state index contributed by atoms with van der Waals surface area (Å²) in [6, 6.07) is 12.4. The van der Waals surface area contributed by atoms with E-state index < -0.39 is 0 Å². The number of hydrogen-bond acceptors (Lipinski definition) is 6. The number of nitrogens with one attached hydrogen (secondary N) is 2. The van der Waals surface area contributed by atoms with E-state index in [1.165, 1.54) is 6.33 Å². The van der Waals surface area contributed by atoms with Gasteiger partial charge in [-0.3, -0.25) is 4.79 Å². The van der Waals surface area contributed by atoms with Gasteiger partial charge in [-0.1, -0.05) is 6.07 Å². The van der Waals surface area contributed by atoms with Crippen molar-refractivity contribution in [2.75, 3.05) is 18.4 Å². The van der Waals surface area contributed by atoms with Crippen LogP contribution in [0.3, 0.4) is 0 Å². The smallest absolute Gasteiger partial charge is 0.251 e. The molecule has 0 aliphatic rings. The van der Waals surface area contributed by atoms with Gasteiger partial charge in [-0.15, -0.1) is 0 Å². The van der Waals surface area contributed by atoms with Crippen molar-refractivity contribution in [3.05, 3.63) is 65.2 Å². The summed E-state index contributed by atoms with van der Waals surface area (Å²) in [6.07, 6.45) is 1.47. The standard InChI is InChI=1S/C19H19N7O/c1-13-8-14(2)26(25-13)18-10-17(23-12-24-18)21-6-7-22-19(27)16-5-3-4-15(9-16)11-20/h3-5,8-10,12H,6-7H2,1-2H3,(H,22,27)(H,21,23,24). The highest BCUT2D eigenvalue weighted by molar-refractivity contribution is 5.94. The van der Waals surface area contributed by atoms with Crippen molar-refractivity contribution in [1.29, 1.82) is 5.26 Å². The normalized spacial score (nSPS) is 10.3. The minimum atomic E-state index is -0.222. The molecule has 0 unspecified atom stereocenters. The fourth-order valence-corrected chi connectivity index (χ4v) is 2.62. The minimum absolute atomic E-state index is 0.222. The molecule has 0 saturated heterocycles. The first-order chi connectivity index (χ1) is 13.1. The van der Waals surface area contributed by atoms with E-state index in [1.807, 2.05) is 26.0 Å². The van der Waals surface area contributed by atoms with Gasteiger partial charge in [0.15, 0.2) is 5.82 Å². The minimum Gasteiger partial charge on any atom is -0.368 e. The van der Waals surface area contributed by atoms with Crippen molar-refractivity contribution in [3.8, 4) is 11.9 Å². The SMILES string of the molecule is Cc1cc(C)n(-c2cc(NCCNC(=O)c3cccc(C#N)c3)ncn2)n1. The number of aryl methyl sites for hydroxylation is 2. The van der Waals surface area contributed by atoms with Crippen molar-refractivity contribution < 1.29 is 4.79 Å². The lowest BCUT2D eigenvalue weighted by Gasteiger charge is -2.09. The van der Waals surface area contributed by atoms with Gasteiger partial charge < -0.3 is 10.6 Å². The molecule has 0 fully saturated rings. The van der Waals surface area contributed by atoms with Crippen LogP contribution in [0.4, 0.5) is 5.82 Å². The lowest BCUT2D eigenvalue weighted by atomic mass is 10.1. The summed E-state index contributed by atoms with van der Waals surface area (Å²) in [5, 5.41) is 19.3. The number of rotatable bonds is 6. The molecule has 136 valence electrons. The van der Waals surface area contributed by atoms with Crippen LogP contribution in [0.2, 0.25) is 0 Å². The highest BCUT2D eigenvalue weighted by Gasteiger charge is 2.07. The molecule has 3 aromatic rings. The summed E-state index contributed by atoms with van der Waals surface area (Å²) in [4.78, 5) is 20.6. The Balaban J connectivity index is 1.55. The summed E-state index contributed by atoms with van der Waals surface area (Å²) in [5.74, 6) is 1.10. The molecule has 1 aromatic carbocycles. The van der Waals surface area contributed by atoms with Crippen LogP contribution >= 0.6 is 0 Å². The monoisotopic (exact) mass is 361 g/mol. The Bertz CT molecular complexity index is 1000. The van der Waals surface area contributed by atoms with Gasteiger partial charge in [0.2, 0.25) is 0 Å². The summed E-state index contributed by atoms with van der Waals surface area (Å²) >= 11 is 0. The number of carbonyl (C=O) groups is 1. The molecule has 0 aliphatic carbocycles. The van der Waals surface area contributed by atoms with Crippen LogP contribution in [-0.4, -0.2) is 38.7 Å². The molecular formula is C19H19N7O. The van der Waals surface area contributed by atoms with Gasteiger partial charge in [0.05, 0.1) is 17.3 Å². The second-order valence-electron chi connectivity index (χ2n) is 5.98. The number of nitriles is 1. The van der Waals surface area contributed by atoms with Gasteiger partial charge in [-0.25, -0.2) is 14.6 Å². The van der Waals surface area contributed by atoms with Crippen LogP contribution in [-0.2, 0) is 0 Å². The third-order valence-corrected chi connectivity index (χ3v) is 3.85. The molecule has 3 rings (SSSR count). The Kier molecular flexibility index (Phi) is 5.42. The average molecular weight is 361 g/mol. The molecule has 2 aromatic heterocycles. The Morgan fingerprint density at radius 3 is 2.78 bits per heavy atom. The quantitative estimate of drug-likeness (QED) is 0.650. The molecule has 0 spiro atoms. The first-order valence-corrected chi connectivity index (χ1v) is 8.45. The molecular weight excluding hydrogens is 342 g/mol. The third-order valence-electron chi connectivity index (χ3n) is 3.85. The summed E-state index contributed by atoms with van der Waals surface area (Å²) in [6.45, 7) is 4.80. The maximum atomic E-state index is 12.1. The van der Waals surface area contributed by atoms with Crippen LogP contribution in [0.1, 0.15) is 27.3 Å². The van der Waals surface area contributed by atoms with Crippen LogP contribution < -0.4 is 10.6 Å². The Hall–Kier alpha value is -3.73. The van der Waals surface area contributed by atoms with Crippen LogP contribution in [0.15, 0.2) is 42.7 Å². The Labute approximate surface area is 156 Å². The lowest BCUT2D eigenvalue weighted by Crippen LogP contribution is -2.29. The van der Waals surface area contributed by atoms with E-state index in [-0.39, 0.29) is 5.91 Å². The van der Waals surface area contributed by atoms with Gasteiger partial charge in [0.1, 0.15) is 12.1 Å². The zero-order valence-corrected chi connectivity index (χ0v) is 15.1. The van der Waals surface area contributed by atoms with Crippen LogP contribution in [0, 0.1) is 25.2 Å². The first kappa shape index (κ1) is 18.1. The van der Waals surface area contributed by atoms with Gasteiger partial charge in [0.25, 0.3) is 5.91 Å². The molecule has 0 aliphatic heterocycles. The highest BCUT2D eigenvalue weighted by atomic mass is 16.1. The summed E-state index contributed by atoms with van der Waals surface area (Å²) < 4.78 is 1.76. The Morgan fingerprint density at radius 1 is 1.19 bits per heavy atom. The number of aromatic nitrogens is 4. The fraction of sp³-hybridized carbons (Fsp3) is 0.211. The van der Waals surface area contributed by atoms with Gasteiger partial charge in [-0.2, -0.15) is 10.4 Å². The first-order valence-electron chi connectivity index (χ1n) is 8.45. The summed E-state index contributed by atoms with van der Waals surface area (Å²) in [7, 11) is 0. The molecule has 0 radical (unpaired) electrons. The van der Waals surface area contributed by atoms with Crippen molar-refractivity contribution in [3.63, 3.8) is 0 Å². The van der Waals surface area contributed by atoms with Gasteiger partial charge in [0, 0.05) is 30.4 Å². The zero-order valence-electron chi connectivity index (χ0n) is 15.1. The van der Waals surface area contributed by atoms with Crippen LogP contribution in [0.25, 0.3) is 5.82 Å². The van der Waals surface area contributed by atoms with Crippen molar-refractivity contribution >= 4 is 11.7 Å². The number of carbonyl (C=O) groups excluding carboxylic acids is 1. The number of benzene rings is 1. The summed E-state index contributed by atoms with van der Waals surface area (Å²) in [5.41, 5.74) is 2.83. The number of amides is 1. The van der Waals surface area contributed by atoms with Gasteiger partial charge in [-0.05, 0) is 38.1 Å². The molecule has 8 nitrogen and oxygen atoms in total. The van der Waals surface area contributed by atoms with E-state index in [0.717, 1.165) is 11.4 Å². The highest BCUT2D eigenvalue weighted by Crippen LogP contribution is 2.12. The second kappa shape index (κ2) is 8.10. The molecule has 2 N–H and O–H groups in total. The molecule has 0 atom stereocenters. The van der Waals surface area contributed by atoms with E-state index in [2.05, 4.69) is 25.7 Å². The molecule has 1 amide bonds. The maximum absolute atomic E-state index is 12.1. The lowest BCUT2D eigenvalue weighted by molar-refractivity contribution is 0.0955. The number of hydrogen-bond donors (Lipinski definition) is 2. The Morgan fingerprint density at radius 2 is 2.04 bits per heavy atom. The van der Waals surface area contributed by atoms with Crippen molar-refractivity contribution in [2.45, 2.75) is 13.8 Å². The van der Waals surface area contributed by atoms with E-state index in [9.17, 15) is 4.79 Å². The molecule has 2 heterocycles. The van der Waals surface area contributed by atoms with Crippen LogP contribution in [0.5, 0.6) is 0 Å². The largest absolute Gasteiger partial charge is 0.368 e. The molecule has 27 heavy (non-hydrogen) atoms. The third kappa shape index (κ3) is 4.46. The van der Waals surface area contributed by atoms with E-state index in [0.29, 0.717) is 35.9 Å². The molecule has 0 bridgehead atoms.